The lowest BCUT2D eigenvalue weighted by Crippen LogP contribution is -2.14. The van der Waals surface area contributed by atoms with Crippen LogP contribution in [0.25, 0.3) is 0 Å². The third-order valence-electron chi connectivity index (χ3n) is 1.80. The topological polar surface area (TPSA) is 86.5 Å². The van der Waals surface area contributed by atoms with Gasteiger partial charge in [-0.1, -0.05) is 0 Å². The summed E-state index contributed by atoms with van der Waals surface area (Å²) in [5.41, 5.74) is 0.797. The van der Waals surface area contributed by atoms with Crippen molar-refractivity contribution < 1.29 is 0 Å². The molecule has 7 heteroatoms. The number of anilines is 1. The minimum Gasteiger partial charge on any atom is -0.363 e. The molecule has 0 saturated heterocycles. The highest BCUT2D eigenvalue weighted by Crippen LogP contribution is 2.09. The van der Waals surface area contributed by atoms with Crippen molar-refractivity contribution in [2.45, 2.75) is 6.54 Å². The molecule has 0 aliphatic carbocycles. The molecule has 78 valence electrons. The predicted octanol–water partition coefficient (Wildman–Crippen LogP) is 0.710. The number of aromatic nitrogens is 4. The van der Waals surface area contributed by atoms with Crippen molar-refractivity contribution in [2.75, 3.05) is 5.32 Å². The molecule has 0 bridgehead atoms. The van der Waals surface area contributed by atoms with Gasteiger partial charge in [-0.2, -0.15) is 5.10 Å². The Morgan fingerprint density at radius 1 is 1.53 bits per heavy atom. The van der Waals surface area contributed by atoms with E-state index in [9.17, 15) is 4.79 Å². The zero-order valence-corrected chi connectivity index (χ0v) is 9.78. The summed E-state index contributed by atoms with van der Waals surface area (Å²) in [5.74, 6) is 0.578. The van der Waals surface area contributed by atoms with E-state index < -0.39 is 0 Å². The number of nitrogens with zero attached hydrogens (tertiary/aromatic N) is 2. The Bertz CT molecular complexity index is 492. The molecule has 0 amide bonds. The molecule has 0 radical (unpaired) electrons. The van der Waals surface area contributed by atoms with E-state index in [1.165, 1.54) is 6.33 Å². The number of hydrogen-bond donors (Lipinski definition) is 3. The van der Waals surface area contributed by atoms with E-state index >= 15 is 0 Å². The predicted molar refractivity (Wildman–Crippen MR) is 63.5 cm³/mol. The van der Waals surface area contributed by atoms with Crippen LogP contribution in [0.3, 0.4) is 0 Å². The molecule has 2 rings (SSSR count). The summed E-state index contributed by atoms with van der Waals surface area (Å²) >= 11 is 1.95. The van der Waals surface area contributed by atoms with Crippen LogP contribution in [0.15, 0.2) is 23.4 Å². The highest BCUT2D eigenvalue weighted by Gasteiger charge is 2.04. The van der Waals surface area contributed by atoms with Gasteiger partial charge in [0.2, 0.25) is 0 Å². The zero-order chi connectivity index (χ0) is 10.7. The lowest BCUT2D eigenvalue weighted by atomic mass is 10.4. The molecule has 0 spiro atoms. The number of hydrogen-bond acceptors (Lipinski definition) is 4. The zero-order valence-electron chi connectivity index (χ0n) is 7.62. The monoisotopic (exact) mass is 317 g/mol. The van der Waals surface area contributed by atoms with Crippen molar-refractivity contribution in [3.8, 4) is 0 Å². The number of rotatable bonds is 3. The second-order valence-electron chi connectivity index (χ2n) is 2.83. The summed E-state index contributed by atoms with van der Waals surface area (Å²) < 4.78 is 0.551. The van der Waals surface area contributed by atoms with Crippen LogP contribution in [-0.2, 0) is 6.54 Å². The van der Waals surface area contributed by atoms with E-state index in [2.05, 4.69) is 25.5 Å². The molecule has 0 aliphatic rings. The SMILES string of the molecule is O=c1[nH]cnc(NCc2ccn[nH]2)c1I. The molecular weight excluding hydrogens is 309 g/mol. The van der Waals surface area contributed by atoms with Crippen molar-refractivity contribution in [1.29, 1.82) is 0 Å². The Hall–Kier alpha value is -1.38. The normalized spacial score (nSPS) is 10.2. The Morgan fingerprint density at radius 2 is 2.40 bits per heavy atom. The van der Waals surface area contributed by atoms with Gasteiger partial charge in [-0.15, -0.1) is 0 Å². The molecule has 2 heterocycles. The lowest BCUT2D eigenvalue weighted by Gasteiger charge is -2.04. The first kappa shape index (κ1) is 10.1. The van der Waals surface area contributed by atoms with Gasteiger partial charge < -0.3 is 10.3 Å². The fourth-order valence-corrected chi connectivity index (χ4v) is 1.55. The maximum atomic E-state index is 11.2. The molecule has 2 aromatic heterocycles. The van der Waals surface area contributed by atoms with E-state index in [1.807, 2.05) is 28.7 Å². The van der Waals surface area contributed by atoms with Crippen LogP contribution >= 0.6 is 22.6 Å². The molecule has 2 aromatic rings. The molecule has 0 saturated carbocycles. The smallest absolute Gasteiger partial charge is 0.266 e. The Balaban J connectivity index is 2.12. The fraction of sp³-hybridized carbons (Fsp3) is 0.125. The van der Waals surface area contributed by atoms with Crippen molar-refractivity contribution in [1.82, 2.24) is 20.2 Å². The molecule has 0 aromatic carbocycles. The quantitative estimate of drug-likeness (QED) is 0.728. The number of halogens is 1. The largest absolute Gasteiger partial charge is 0.363 e. The van der Waals surface area contributed by atoms with Crippen LogP contribution < -0.4 is 10.9 Å². The number of aromatic amines is 2. The highest BCUT2D eigenvalue weighted by molar-refractivity contribution is 14.1. The van der Waals surface area contributed by atoms with Crippen LogP contribution in [0.5, 0.6) is 0 Å². The second kappa shape index (κ2) is 4.43. The Labute approximate surface area is 98.7 Å². The molecule has 6 nitrogen and oxygen atoms in total. The van der Waals surface area contributed by atoms with Crippen LogP contribution in [0.1, 0.15) is 5.69 Å². The third kappa shape index (κ3) is 2.35. The van der Waals surface area contributed by atoms with Gasteiger partial charge in [0.25, 0.3) is 5.56 Å². The molecule has 0 fully saturated rings. The third-order valence-corrected chi connectivity index (χ3v) is 2.80. The van der Waals surface area contributed by atoms with Gasteiger partial charge in [0, 0.05) is 6.20 Å². The maximum Gasteiger partial charge on any atom is 0.266 e. The maximum absolute atomic E-state index is 11.2. The van der Waals surface area contributed by atoms with Gasteiger partial charge in [-0.25, -0.2) is 4.98 Å². The van der Waals surface area contributed by atoms with E-state index in [-0.39, 0.29) is 5.56 Å². The highest BCUT2D eigenvalue weighted by atomic mass is 127. The van der Waals surface area contributed by atoms with Gasteiger partial charge in [0.1, 0.15) is 9.39 Å². The molecule has 0 aliphatic heterocycles. The number of H-pyrrole nitrogens is 2. The van der Waals surface area contributed by atoms with Gasteiger partial charge >= 0.3 is 0 Å². The van der Waals surface area contributed by atoms with Crippen LogP contribution in [0.4, 0.5) is 5.82 Å². The first-order chi connectivity index (χ1) is 7.27. The second-order valence-corrected chi connectivity index (χ2v) is 3.91. The van der Waals surface area contributed by atoms with Crippen LogP contribution in [0.2, 0.25) is 0 Å². The minimum absolute atomic E-state index is 0.141. The van der Waals surface area contributed by atoms with Gasteiger partial charge in [0.15, 0.2) is 0 Å². The van der Waals surface area contributed by atoms with Crippen molar-refractivity contribution in [3.05, 3.63) is 38.2 Å². The van der Waals surface area contributed by atoms with Crippen molar-refractivity contribution in [2.24, 2.45) is 0 Å². The van der Waals surface area contributed by atoms with Crippen molar-refractivity contribution >= 4 is 28.4 Å². The summed E-state index contributed by atoms with van der Waals surface area (Å²) in [6, 6.07) is 1.85. The molecule has 0 unspecified atom stereocenters. The standard InChI is InChI=1S/C8H8IN5O/c9-6-7(11-4-12-8(6)15)10-3-5-1-2-13-14-5/h1-2,4H,3H2,(H,13,14)(H2,10,11,12,15). The molecule has 0 atom stereocenters. The fourth-order valence-electron chi connectivity index (χ4n) is 1.07. The first-order valence-corrected chi connectivity index (χ1v) is 5.30. The van der Waals surface area contributed by atoms with Gasteiger partial charge in [0.05, 0.1) is 18.6 Å². The Kier molecular flexibility index (Phi) is 2.99. The number of nitrogens with one attached hydrogen (secondary N) is 3. The van der Waals surface area contributed by atoms with Crippen molar-refractivity contribution in [3.63, 3.8) is 0 Å². The van der Waals surface area contributed by atoms with E-state index in [4.69, 9.17) is 0 Å². The summed E-state index contributed by atoms with van der Waals surface area (Å²) in [6.45, 7) is 0.562. The van der Waals surface area contributed by atoms with Gasteiger partial charge in [-0.3, -0.25) is 9.89 Å². The molecular formula is C8H8IN5O. The van der Waals surface area contributed by atoms with E-state index in [0.29, 0.717) is 15.9 Å². The first-order valence-electron chi connectivity index (χ1n) is 4.22. The molecule has 15 heavy (non-hydrogen) atoms. The molecule has 3 N–H and O–H groups in total. The summed E-state index contributed by atoms with van der Waals surface area (Å²) in [7, 11) is 0. The van der Waals surface area contributed by atoms with Crippen LogP contribution in [0, 0.1) is 3.57 Å². The minimum atomic E-state index is -0.141. The van der Waals surface area contributed by atoms with Gasteiger partial charge in [-0.05, 0) is 28.7 Å². The summed E-state index contributed by atoms with van der Waals surface area (Å²) in [6.07, 6.45) is 3.05. The lowest BCUT2D eigenvalue weighted by molar-refractivity contribution is 0.965. The van der Waals surface area contributed by atoms with Crippen LogP contribution in [-0.4, -0.2) is 20.2 Å². The van der Waals surface area contributed by atoms with E-state index in [1.54, 1.807) is 6.20 Å². The average molecular weight is 317 g/mol. The summed E-state index contributed by atoms with van der Waals surface area (Å²) in [5, 5.41) is 9.68. The summed E-state index contributed by atoms with van der Waals surface area (Å²) in [4.78, 5) is 17.8. The Morgan fingerprint density at radius 3 is 3.13 bits per heavy atom. The average Bonchev–Trinajstić information content (AvgIpc) is 2.73. The van der Waals surface area contributed by atoms with E-state index in [0.717, 1.165) is 5.69 Å².